The van der Waals surface area contributed by atoms with Crippen LogP contribution in [0, 0.1) is 0 Å². The van der Waals surface area contributed by atoms with Crippen LogP contribution in [0.3, 0.4) is 0 Å². The van der Waals surface area contributed by atoms with Crippen molar-refractivity contribution < 1.29 is 4.79 Å². The minimum Gasteiger partial charge on any atom is -0.335 e. The van der Waals surface area contributed by atoms with Crippen molar-refractivity contribution in [3.05, 3.63) is 18.0 Å². The number of halogens is 1. The summed E-state index contributed by atoms with van der Waals surface area (Å²) in [4.78, 5) is 13.7. The van der Waals surface area contributed by atoms with Crippen LogP contribution in [0.2, 0.25) is 0 Å². The third-order valence-electron chi connectivity index (χ3n) is 2.85. The Morgan fingerprint density at radius 1 is 1.67 bits per heavy atom. The summed E-state index contributed by atoms with van der Waals surface area (Å²) in [6.45, 7) is 2.87. The summed E-state index contributed by atoms with van der Waals surface area (Å²) in [5.41, 5.74) is 1.09. The van der Waals surface area contributed by atoms with Crippen LogP contribution >= 0.6 is 15.9 Å². The van der Waals surface area contributed by atoms with Gasteiger partial charge in [0.25, 0.3) is 0 Å². The Labute approximate surface area is 97.4 Å². The van der Waals surface area contributed by atoms with Crippen LogP contribution in [-0.2, 0) is 11.8 Å². The minimum absolute atomic E-state index is 0.00313. The van der Waals surface area contributed by atoms with E-state index in [1.807, 2.05) is 31.3 Å². The maximum absolute atomic E-state index is 11.8. The van der Waals surface area contributed by atoms with Crippen LogP contribution in [-0.4, -0.2) is 32.0 Å². The first kappa shape index (κ1) is 10.7. The summed E-state index contributed by atoms with van der Waals surface area (Å²) in [6.07, 6.45) is 4.67. The highest BCUT2D eigenvalue weighted by molar-refractivity contribution is 9.10. The molecule has 1 amide bonds. The lowest BCUT2D eigenvalue weighted by Crippen LogP contribution is -2.30. The van der Waals surface area contributed by atoms with Crippen LogP contribution in [0.5, 0.6) is 0 Å². The second-order valence-electron chi connectivity index (χ2n) is 3.91. The van der Waals surface area contributed by atoms with Crippen LogP contribution < -0.4 is 0 Å². The average molecular weight is 272 g/mol. The highest BCUT2D eigenvalue weighted by Gasteiger charge is 2.33. The third kappa shape index (κ3) is 1.93. The van der Waals surface area contributed by atoms with Gasteiger partial charge >= 0.3 is 0 Å². The van der Waals surface area contributed by atoms with Crippen molar-refractivity contribution in [1.82, 2.24) is 14.7 Å². The SMILES string of the molecule is CC(c1cnn(C)c1)N1CCC(Br)C1=O. The fourth-order valence-electron chi connectivity index (χ4n) is 1.89. The molecule has 5 heteroatoms. The number of alkyl halides is 1. The van der Waals surface area contributed by atoms with Crippen LogP contribution in [0.1, 0.15) is 24.9 Å². The molecule has 0 aliphatic carbocycles. The molecule has 0 aromatic carbocycles. The predicted octanol–water partition coefficient (Wildman–Crippen LogP) is 1.48. The molecule has 0 N–H and O–H groups in total. The molecule has 0 spiro atoms. The Morgan fingerprint density at radius 3 is 2.87 bits per heavy atom. The van der Waals surface area contributed by atoms with Gasteiger partial charge in [0, 0.05) is 25.4 Å². The van der Waals surface area contributed by atoms with Gasteiger partial charge in [0.15, 0.2) is 0 Å². The van der Waals surface area contributed by atoms with E-state index in [4.69, 9.17) is 0 Å². The van der Waals surface area contributed by atoms with E-state index in [0.29, 0.717) is 0 Å². The lowest BCUT2D eigenvalue weighted by atomic mass is 10.2. The predicted molar refractivity (Wildman–Crippen MR) is 60.7 cm³/mol. The molecule has 4 nitrogen and oxygen atoms in total. The minimum atomic E-state index is -0.00313. The number of rotatable bonds is 2. The number of carbonyl (C=O) groups is 1. The Balaban J connectivity index is 2.15. The van der Waals surface area contributed by atoms with E-state index < -0.39 is 0 Å². The monoisotopic (exact) mass is 271 g/mol. The van der Waals surface area contributed by atoms with Crippen molar-refractivity contribution in [3.8, 4) is 0 Å². The largest absolute Gasteiger partial charge is 0.335 e. The molecule has 0 radical (unpaired) electrons. The van der Waals surface area contributed by atoms with E-state index in [9.17, 15) is 4.79 Å². The molecule has 2 unspecified atom stereocenters. The standard InChI is InChI=1S/C10H14BrN3O/c1-7(8-5-12-13(2)6-8)14-4-3-9(11)10(14)15/h5-7,9H,3-4H2,1-2H3. The topological polar surface area (TPSA) is 38.1 Å². The van der Waals surface area contributed by atoms with Crippen LogP contribution in [0.4, 0.5) is 0 Å². The van der Waals surface area contributed by atoms with E-state index >= 15 is 0 Å². The number of hydrogen-bond donors (Lipinski definition) is 0. The Morgan fingerprint density at radius 2 is 2.40 bits per heavy atom. The van der Waals surface area contributed by atoms with Crippen LogP contribution in [0.25, 0.3) is 0 Å². The normalized spacial score (nSPS) is 23.5. The van der Waals surface area contributed by atoms with E-state index in [1.54, 1.807) is 4.68 Å². The van der Waals surface area contributed by atoms with Gasteiger partial charge in [-0.1, -0.05) is 15.9 Å². The summed E-state index contributed by atoms with van der Waals surface area (Å²) < 4.78 is 1.76. The molecule has 0 saturated carbocycles. The molecule has 2 rings (SSSR count). The Hall–Kier alpha value is -0.840. The second-order valence-corrected chi connectivity index (χ2v) is 5.02. The van der Waals surface area contributed by atoms with Crippen LogP contribution in [0.15, 0.2) is 12.4 Å². The molecule has 1 aromatic rings. The third-order valence-corrected chi connectivity index (χ3v) is 3.70. The van der Waals surface area contributed by atoms with Gasteiger partial charge in [-0.15, -0.1) is 0 Å². The average Bonchev–Trinajstić information content (AvgIpc) is 2.75. The highest BCUT2D eigenvalue weighted by atomic mass is 79.9. The first-order valence-electron chi connectivity index (χ1n) is 5.02. The molecule has 1 saturated heterocycles. The first-order valence-corrected chi connectivity index (χ1v) is 5.94. The van der Waals surface area contributed by atoms with Crippen molar-refractivity contribution in [2.75, 3.05) is 6.54 Å². The van der Waals surface area contributed by atoms with Gasteiger partial charge in [-0.05, 0) is 13.3 Å². The number of aromatic nitrogens is 2. The fraction of sp³-hybridized carbons (Fsp3) is 0.600. The summed E-state index contributed by atoms with van der Waals surface area (Å²) in [6, 6.07) is 0.119. The zero-order valence-corrected chi connectivity index (χ0v) is 10.4. The summed E-state index contributed by atoms with van der Waals surface area (Å²) >= 11 is 3.38. The van der Waals surface area contributed by atoms with Gasteiger partial charge in [-0.2, -0.15) is 5.10 Å². The van der Waals surface area contributed by atoms with Gasteiger partial charge in [-0.25, -0.2) is 0 Å². The number of nitrogens with zero attached hydrogens (tertiary/aromatic N) is 3. The lowest BCUT2D eigenvalue weighted by Gasteiger charge is -2.23. The highest BCUT2D eigenvalue weighted by Crippen LogP contribution is 2.28. The second kappa shape index (κ2) is 3.96. The Kier molecular flexibility index (Phi) is 2.82. The van der Waals surface area contributed by atoms with Crippen molar-refractivity contribution in [2.24, 2.45) is 7.05 Å². The zero-order valence-electron chi connectivity index (χ0n) is 8.85. The lowest BCUT2D eigenvalue weighted by molar-refractivity contribution is -0.128. The van der Waals surface area contributed by atoms with Gasteiger partial charge in [0.2, 0.25) is 5.91 Å². The fourth-order valence-corrected chi connectivity index (χ4v) is 2.35. The summed E-state index contributed by atoms with van der Waals surface area (Å²) in [5, 5.41) is 4.12. The smallest absolute Gasteiger partial charge is 0.236 e. The molecule has 15 heavy (non-hydrogen) atoms. The molecule has 82 valence electrons. The van der Waals surface area contributed by atoms with Gasteiger partial charge in [0.1, 0.15) is 0 Å². The van der Waals surface area contributed by atoms with Gasteiger partial charge in [-0.3, -0.25) is 9.48 Å². The first-order chi connectivity index (χ1) is 7.09. The summed E-state index contributed by atoms with van der Waals surface area (Å²) in [5.74, 6) is 0.186. The molecule has 1 aliphatic heterocycles. The Bertz CT molecular complexity index is 376. The number of aryl methyl sites for hydroxylation is 1. The van der Waals surface area contributed by atoms with Crippen molar-refractivity contribution in [2.45, 2.75) is 24.2 Å². The molecular weight excluding hydrogens is 258 g/mol. The molecule has 1 aliphatic rings. The van der Waals surface area contributed by atoms with E-state index in [-0.39, 0.29) is 16.8 Å². The summed E-state index contributed by atoms with van der Waals surface area (Å²) in [7, 11) is 1.88. The number of likely N-dealkylation sites (tertiary alicyclic amines) is 1. The molecule has 2 heterocycles. The number of carbonyl (C=O) groups excluding carboxylic acids is 1. The molecule has 1 aromatic heterocycles. The van der Waals surface area contributed by atoms with E-state index in [0.717, 1.165) is 18.5 Å². The van der Waals surface area contributed by atoms with E-state index in [1.165, 1.54) is 0 Å². The quantitative estimate of drug-likeness (QED) is 0.765. The maximum Gasteiger partial charge on any atom is 0.236 e. The van der Waals surface area contributed by atoms with E-state index in [2.05, 4.69) is 21.0 Å². The number of hydrogen-bond acceptors (Lipinski definition) is 2. The molecule has 0 bridgehead atoms. The zero-order chi connectivity index (χ0) is 11.0. The van der Waals surface area contributed by atoms with Crippen molar-refractivity contribution in [1.29, 1.82) is 0 Å². The number of amides is 1. The van der Waals surface area contributed by atoms with Crippen molar-refractivity contribution >= 4 is 21.8 Å². The van der Waals surface area contributed by atoms with Gasteiger partial charge < -0.3 is 4.90 Å². The molecular formula is C10H14BrN3O. The van der Waals surface area contributed by atoms with Gasteiger partial charge in [0.05, 0.1) is 17.1 Å². The van der Waals surface area contributed by atoms with Crippen molar-refractivity contribution in [3.63, 3.8) is 0 Å². The molecule has 2 atom stereocenters. The molecule has 1 fully saturated rings. The maximum atomic E-state index is 11.8.